The molecule has 164 valence electrons. The van der Waals surface area contributed by atoms with E-state index in [4.69, 9.17) is 9.94 Å². The van der Waals surface area contributed by atoms with Gasteiger partial charge in [-0.15, -0.1) is 5.11 Å². The average molecular weight is 440 g/mol. The Morgan fingerprint density at radius 1 is 0.970 bits per heavy atom. The van der Waals surface area contributed by atoms with Gasteiger partial charge in [0, 0.05) is 11.1 Å². The van der Waals surface area contributed by atoms with Crippen molar-refractivity contribution >= 4 is 40.0 Å². The Labute approximate surface area is 189 Å². The number of fused-ring (bicyclic) bond motifs is 1. The van der Waals surface area contributed by atoms with Gasteiger partial charge in [0.2, 0.25) is 0 Å². The van der Waals surface area contributed by atoms with Gasteiger partial charge in [0.05, 0.1) is 24.6 Å². The van der Waals surface area contributed by atoms with Crippen molar-refractivity contribution in [3.63, 3.8) is 0 Å². The van der Waals surface area contributed by atoms with Crippen LogP contribution in [0, 0.1) is 0 Å². The SMILES string of the molecule is COc1ccc(NC(=O)c2cc3ccccc3c(N=Nc3ccc(C=NO)cc3)c2O)cc1. The molecule has 0 aromatic heterocycles. The van der Waals surface area contributed by atoms with E-state index < -0.39 is 5.91 Å². The number of rotatable bonds is 6. The van der Waals surface area contributed by atoms with Crippen LogP contribution in [0.1, 0.15) is 15.9 Å². The second-order valence-corrected chi connectivity index (χ2v) is 7.06. The first-order chi connectivity index (χ1) is 16.1. The van der Waals surface area contributed by atoms with Crippen molar-refractivity contribution < 1.29 is 19.8 Å². The lowest BCUT2D eigenvalue weighted by Gasteiger charge is -2.11. The lowest BCUT2D eigenvalue weighted by molar-refractivity contribution is 0.102. The number of aromatic hydroxyl groups is 1. The standard InChI is InChI=1S/C25H20N4O4/c1-33-20-12-10-18(11-13-20)27-25(31)22-14-17-4-2-3-5-21(17)23(24(22)30)29-28-19-8-6-16(7-9-19)15-26-32/h2-15,30,32H,1H3,(H,27,31). The molecule has 4 rings (SSSR count). The summed E-state index contributed by atoms with van der Waals surface area (Å²) < 4.78 is 5.13. The Hall–Kier alpha value is -4.72. The molecular formula is C25H20N4O4. The molecule has 0 saturated carbocycles. The number of oxime groups is 1. The van der Waals surface area contributed by atoms with Gasteiger partial charge in [0.1, 0.15) is 11.4 Å². The van der Waals surface area contributed by atoms with E-state index in [1.807, 2.05) is 18.2 Å². The second kappa shape index (κ2) is 9.61. The Balaban J connectivity index is 1.69. The fourth-order valence-corrected chi connectivity index (χ4v) is 3.27. The highest BCUT2D eigenvalue weighted by atomic mass is 16.5. The summed E-state index contributed by atoms with van der Waals surface area (Å²) in [6.45, 7) is 0. The monoisotopic (exact) mass is 440 g/mol. The van der Waals surface area contributed by atoms with E-state index in [0.717, 1.165) is 5.39 Å². The van der Waals surface area contributed by atoms with Crippen molar-refractivity contribution in [2.75, 3.05) is 12.4 Å². The molecule has 0 saturated heterocycles. The maximum absolute atomic E-state index is 13.0. The molecule has 3 N–H and O–H groups in total. The molecule has 33 heavy (non-hydrogen) atoms. The quantitative estimate of drug-likeness (QED) is 0.147. The number of nitrogens with one attached hydrogen (secondary N) is 1. The molecule has 0 atom stereocenters. The van der Waals surface area contributed by atoms with E-state index >= 15 is 0 Å². The van der Waals surface area contributed by atoms with Crippen LogP contribution in [-0.2, 0) is 0 Å². The third-order valence-corrected chi connectivity index (χ3v) is 4.95. The molecule has 4 aromatic rings. The Kier molecular flexibility index (Phi) is 6.26. The van der Waals surface area contributed by atoms with Crippen LogP contribution in [-0.4, -0.2) is 29.5 Å². The number of carbonyl (C=O) groups excluding carboxylic acids is 1. The van der Waals surface area contributed by atoms with Crippen LogP contribution < -0.4 is 10.1 Å². The number of phenols is 1. The summed E-state index contributed by atoms with van der Waals surface area (Å²) in [4.78, 5) is 13.0. The first-order valence-corrected chi connectivity index (χ1v) is 9.98. The maximum atomic E-state index is 13.0. The predicted molar refractivity (Wildman–Crippen MR) is 127 cm³/mol. The zero-order valence-corrected chi connectivity index (χ0v) is 17.6. The van der Waals surface area contributed by atoms with Crippen LogP contribution in [0.5, 0.6) is 11.5 Å². The van der Waals surface area contributed by atoms with Crippen molar-refractivity contribution in [1.82, 2.24) is 0 Å². The van der Waals surface area contributed by atoms with E-state index in [2.05, 4.69) is 20.7 Å². The van der Waals surface area contributed by atoms with Gasteiger partial charge in [0.25, 0.3) is 5.91 Å². The molecule has 0 fully saturated rings. The molecule has 0 unspecified atom stereocenters. The highest BCUT2D eigenvalue weighted by molar-refractivity contribution is 6.11. The summed E-state index contributed by atoms with van der Waals surface area (Å²) in [5, 5.41) is 35.2. The Morgan fingerprint density at radius 3 is 2.39 bits per heavy atom. The minimum absolute atomic E-state index is 0.0768. The molecule has 8 heteroatoms. The third-order valence-electron chi connectivity index (χ3n) is 4.95. The van der Waals surface area contributed by atoms with Crippen LogP contribution >= 0.6 is 0 Å². The van der Waals surface area contributed by atoms with Gasteiger partial charge in [-0.3, -0.25) is 4.79 Å². The minimum atomic E-state index is -0.479. The number of ether oxygens (including phenoxy) is 1. The number of amides is 1. The zero-order valence-electron chi connectivity index (χ0n) is 17.6. The van der Waals surface area contributed by atoms with Crippen LogP contribution in [0.2, 0.25) is 0 Å². The van der Waals surface area contributed by atoms with Gasteiger partial charge >= 0.3 is 0 Å². The number of anilines is 1. The number of hydrogen-bond donors (Lipinski definition) is 3. The number of benzene rings is 4. The number of hydrogen-bond acceptors (Lipinski definition) is 7. The van der Waals surface area contributed by atoms with Crippen molar-refractivity contribution in [1.29, 1.82) is 0 Å². The zero-order chi connectivity index (χ0) is 23.2. The van der Waals surface area contributed by atoms with Crippen molar-refractivity contribution in [3.05, 3.63) is 90.0 Å². The van der Waals surface area contributed by atoms with Crippen molar-refractivity contribution in [2.45, 2.75) is 0 Å². The second-order valence-electron chi connectivity index (χ2n) is 7.06. The van der Waals surface area contributed by atoms with E-state index in [1.165, 1.54) is 6.21 Å². The summed E-state index contributed by atoms with van der Waals surface area (Å²) >= 11 is 0. The number of azo groups is 1. The summed E-state index contributed by atoms with van der Waals surface area (Å²) in [5.74, 6) is -0.0825. The van der Waals surface area contributed by atoms with Crippen LogP contribution in [0.15, 0.2) is 94.2 Å². The molecule has 0 aliphatic rings. The summed E-state index contributed by atoms with van der Waals surface area (Å²) in [5.41, 5.74) is 2.05. The smallest absolute Gasteiger partial charge is 0.259 e. The van der Waals surface area contributed by atoms with Gasteiger partial charge in [0.15, 0.2) is 5.75 Å². The number of phenolic OH excluding ortho intramolecular Hbond substituents is 1. The molecular weight excluding hydrogens is 420 g/mol. The maximum Gasteiger partial charge on any atom is 0.259 e. The highest BCUT2D eigenvalue weighted by Crippen LogP contribution is 2.39. The number of methoxy groups -OCH3 is 1. The van der Waals surface area contributed by atoms with Crippen LogP contribution in [0.3, 0.4) is 0 Å². The Morgan fingerprint density at radius 2 is 1.70 bits per heavy atom. The molecule has 8 nitrogen and oxygen atoms in total. The van der Waals surface area contributed by atoms with E-state index in [-0.39, 0.29) is 17.0 Å². The highest BCUT2D eigenvalue weighted by Gasteiger charge is 2.18. The number of carbonyl (C=O) groups is 1. The summed E-state index contributed by atoms with van der Waals surface area (Å²) in [6, 6.07) is 22.6. The molecule has 0 aliphatic heterocycles. The molecule has 4 aromatic carbocycles. The fraction of sp³-hybridized carbons (Fsp3) is 0.0400. The topological polar surface area (TPSA) is 116 Å². The molecule has 0 radical (unpaired) electrons. The van der Waals surface area contributed by atoms with Gasteiger partial charge in [-0.2, -0.15) is 5.11 Å². The Bertz CT molecular complexity index is 1350. The number of nitrogens with zero attached hydrogens (tertiary/aromatic N) is 3. The van der Waals surface area contributed by atoms with Crippen LogP contribution in [0.25, 0.3) is 10.8 Å². The molecule has 0 bridgehead atoms. The largest absolute Gasteiger partial charge is 0.505 e. The van der Waals surface area contributed by atoms with E-state index in [9.17, 15) is 9.90 Å². The van der Waals surface area contributed by atoms with E-state index in [1.54, 1.807) is 67.8 Å². The first-order valence-electron chi connectivity index (χ1n) is 9.98. The van der Waals surface area contributed by atoms with Crippen molar-refractivity contribution in [3.8, 4) is 11.5 Å². The van der Waals surface area contributed by atoms with Gasteiger partial charge < -0.3 is 20.4 Å². The predicted octanol–water partition coefficient (Wildman–Crippen LogP) is 6.03. The normalized spacial score (nSPS) is 11.3. The van der Waals surface area contributed by atoms with Gasteiger partial charge in [-0.25, -0.2) is 0 Å². The third kappa shape index (κ3) is 4.80. The van der Waals surface area contributed by atoms with E-state index in [0.29, 0.717) is 28.1 Å². The van der Waals surface area contributed by atoms with Crippen molar-refractivity contribution in [2.24, 2.45) is 15.4 Å². The summed E-state index contributed by atoms with van der Waals surface area (Å²) in [6.07, 6.45) is 1.30. The molecule has 0 aliphatic carbocycles. The molecule has 0 spiro atoms. The molecule has 1 amide bonds. The van der Waals surface area contributed by atoms with Crippen LogP contribution in [0.4, 0.5) is 17.1 Å². The lowest BCUT2D eigenvalue weighted by Crippen LogP contribution is -2.12. The van der Waals surface area contributed by atoms with Gasteiger partial charge in [-0.05, 0) is 53.4 Å². The minimum Gasteiger partial charge on any atom is -0.505 e. The molecule has 0 heterocycles. The fourth-order valence-electron chi connectivity index (χ4n) is 3.27. The average Bonchev–Trinajstić information content (AvgIpc) is 2.84. The summed E-state index contributed by atoms with van der Waals surface area (Å²) in [7, 11) is 1.56. The first kappa shape index (κ1) is 21.5. The lowest BCUT2D eigenvalue weighted by atomic mass is 10.0. The van der Waals surface area contributed by atoms with Gasteiger partial charge in [-0.1, -0.05) is 41.6 Å².